The molecule has 21 heavy (non-hydrogen) atoms. The number of nitrogens with zero attached hydrogens (tertiary/aromatic N) is 1. The molecule has 0 spiro atoms. The van der Waals surface area contributed by atoms with E-state index in [-0.39, 0.29) is 18.1 Å². The van der Waals surface area contributed by atoms with Crippen molar-refractivity contribution >= 4 is 9.84 Å². The number of hydrogen-bond donors (Lipinski definition) is 1. The first kappa shape index (κ1) is 15.2. The van der Waals surface area contributed by atoms with E-state index in [1.165, 1.54) is 0 Å². The maximum Gasteiger partial charge on any atom is 0.158 e. The molecule has 2 aromatic carbocycles. The zero-order valence-corrected chi connectivity index (χ0v) is 12.2. The molecule has 0 atom stereocenters. The molecule has 0 saturated carbocycles. The normalized spacial score (nSPS) is 11.0. The highest BCUT2D eigenvalue weighted by atomic mass is 32.2. The molecular weight excluding hydrogens is 286 g/mol. The lowest BCUT2D eigenvalue weighted by Gasteiger charge is -2.07. The fourth-order valence-corrected chi connectivity index (χ4v) is 3.57. The summed E-state index contributed by atoms with van der Waals surface area (Å²) in [6, 6.07) is 15.5. The van der Waals surface area contributed by atoms with E-state index in [4.69, 9.17) is 10.4 Å². The van der Waals surface area contributed by atoms with E-state index in [2.05, 4.69) is 0 Å². The lowest BCUT2D eigenvalue weighted by atomic mass is 10.1. The number of nitriles is 1. The van der Waals surface area contributed by atoms with E-state index >= 15 is 0 Å². The van der Waals surface area contributed by atoms with Crippen LogP contribution >= 0.6 is 0 Å². The molecular formula is C16H15NO3S. The Kier molecular flexibility index (Phi) is 4.73. The van der Waals surface area contributed by atoms with Crippen LogP contribution in [-0.2, 0) is 27.9 Å². The summed E-state index contributed by atoms with van der Waals surface area (Å²) in [4.78, 5) is 0. The van der Waals surface area contributed by atoms with Gasteiger partial charge >= 0.3 is 0 Å². The molecule has 0 saturated heterocycles. The van der Waals surface area contributed by atoms with Crippen LogP contribution in [0.25, 0.3) is 0 Å². The van der Waals surface area contributed by atoms with Crippen molar-refractivity contribution in [2.75, 3.05) is 0 Å². The number of benzene rings is 2. The van der Waals surface area contributed by atoms with Crippen molar-refractivity contribution in [3.63, 3.8) is 0 Å². The maximum atomic E-state index is 12.2. The Morgan fingerprint density at radius 3 is 2.19 bits per heavy atom. The molecule has 0 fully saturated rings. The third-order valence-electron chi connectivity index (χ3n) is 3.11. The van der Waals surface area contributed by atoms with Crippen LogP contribution in [0.5, 0.6) is 0 Å². The molecule has 0 radical (unpaired) electrons. The molecule has 1 N–H and O–H groups in total. The SMILES string of the molecule is N#Cc1ccccc1CS(=O)(=O)Cc1ccc(CO)cc1. The molecule has 108 valence electrons. The number of aliphatic hydroxyl groups is 1. The standard InChI is InChI=1S/C16H15NO3S/c17-9-15-3-1-2-4-16(15)12-21(19,20)11-14-7-5-13(10-18)6-8-14/h1-8,18H,10-12H2. The highest BCUT2D eigenvalue weighted by Crippen LogP contribution is 2.16. The second kappa shape index (κ2) is 6.53. The quantitative estimate of drug-likeness (QED) is 0.918. The number of sulfone groups is 1. The fourth-order valence-electron chi connectivity index (χ4n) is 2.04. The van der Waals surface area contributed by atoms with E-state index in [0.717, 1.165) is 5.56 Å². The monoisotopic (exact) mass is 301 g/mol. The van der Waals surface area contributed by atoms with Crippen LogP contribution in [0.3, 0.4) is 0 Å². The fraction of sp³-hybridized carbons (Fsp3) is 0.188. The molecule has 5 heteroatoms. The van der Waals surface area contributed by atoms with Gasteiger partial charge in [-0.05, 0) is 22.8 Å². The van der Waals surface area contributed by atoms with E-state index < -0.39 is 9.84 Å². The van der Waals surface area contributed by atoms with Crippen molar-refractivity contribution in [3.05, 3.63) is 70.8 Å². The summed E-state index contributed by atoms with van der Waals surface area (Å²) < 4.78 is 24.5. The van der Waals surface area contributed by atoms with Crippen molar-refractivity contribution in [3.8, 4) is 6.07 Å². The number of hydrogen-bond acceptors (Lipinski definition) is 4. The van der Waals surface area contributed by atoms with Crippen molar-refractivity contribution in [1.82, 2.24) is 0 Å². The molecule has 2 aromatic rings. The maximum absolute atomic E-state index is 12.2. The van der Waals surface area contributed by atoms with Crippen LogP contribution in [0.15, 0.2) is 48.5 Å². The van der Waals surface area contributed by atoms with Crippen molar-refractivity contribution in [1.29, 1.82) is 5.26 Å². The Bertz CT molecular complexity index is 759. The van der Waals surface area contributed by atoms with Crippen LogP contribution in [0, 0.1) is 11.3 Å². The van der Waals surface area contributed by atoms with Crippen molar-refractivity contribution in [2.24, 2.45) is 0 Å². The van der Waals surface area contributed by atoms with Gasteiger partial charge in [-0.3, -0.25) is 0 Å². The first-order valence-corrected chi connectivity index (χ1v) is 8.23. The third-order valence-corrected chi connectivity index (χ3v) is 4.63. The summed E-state index contributed by atoms with van der Waals surface area (Å²) in [7, 11) is -3.35. The first-order valence-electron chi connectivity index (χ1n) is 6.41. The van der Waals surface area contributed by atoms with Crippen LogP contribution < -0.4 is 0 Å². The topological polar surface area (TPSA) is 78.2 Å². The summed E-state index contributed by atoms with van der Waals surface area (Å²) in [5.41, 5.74) is 2.32. The van der Waals surface area contributed by atoms with Gasteiger partial charge in [0.1, 0.15) is 0 Å². The average Bonchev–Trinajstić information content (AvgIpc) is 2.47. The molecule has 4 nitrogen and oxygen atoms in total. The van der Waals surface area contributed by atoms with Gasteiger partial charge in [-0.15, -0.1) is 0 Å². The lowest BCUT2D eigenvalue weighted by Crippen LogP contribution is -2.08. The molecule has 2 rings (SSSR count). The minimum atomic E-state index is -3.35. The summed E-state index contributed by atoms with van der Waals surface area (Å²) in [6.07, 6.45) is 0. The average molecular weight is 301 g/mol. The van der Waals surface area contributed by atoms with Crippen LogP contribution in [0.2, 0.25) is 0 Å². The molecule has 0 aliphatic carbocycles. The van der Waals surface area contributed by atoms with E-state index in [1.54, 1.807) is 48.5 Å². The van der Waals surface area contributed by atoms with Crippen LogP contribution in [-0.4, -0.2) is 13.5 Å². The van der Waals surface area contributed by atoms with Gasteiger partial charge < -0.3 is 5.11 Å². The second-order valence-corrected chi connectivity index (χ2v) is 6.84. The molecule has 0 amide bonds. The van der Waals surface area contributed by atoms with Crippen LogP contribution in [0.1, 0.15) is 22.3 Å². The minimum absolute atomic E-state index is 0.0669. The smallest absolute Gasteiger partial charge is 0.158 e. The molecule has 0 heterocycles. The third kappa shape index (κ3) is 4.15. The summed E-state index contributed by atoms with van der Waals surface area (Å²) in [6.45, 7) is -0.0669. The molecule has 0 bridgehead atoms. The van der Waals surface area contributed by atoms with Gasteiger partial charge in [-0.25, -0.2) is 8.42 Å². The van der Waals surface area contributed by atoms with Gasteiger partial charge in [0.2, 0.25) is 0 Å². The minimum Gasteiger partial charge on any atom is -0.392 e. The van der Waals surface area contributed by atoms with Crippen LogP contribution in [0.4, 0.5) is 0 Å². The lowest BCUT2D eigenvalue weighted by molar-refractivity contribution is 0.282. The van der Waals surface area contributed by atoms with Crippen molar-refractivity contribution in [2.45, 2.75) is 18.1 Å². The summed E-state index contributed by atoms with van der Waals surface area (Å²) in [5.74, 6) is -0.239. The van der Waals surface area contributed by atoms with Gasteiger partial charge in [0.05, 0.1) is 29.7 Å². The molecule has 0 unspecified atom stereocenters. The zero-order chi connectivity index (χ0) is 15.3. The largest absolute Gasteiger partial charge is 0.392 e. The highest BCUT2D eigenvalue weighted by Gasteiger charge is 2.15. The Labute approximate surface area is 124 Å². The predicted molar refractivity (Wildman–Crippen MR) is 79.8 cm³/mol. The Morgan fingerprint density at radius 1 is 0.952 bits per heavy atom. The van der Waals surface area contributed by atoms with E-state index in [9.17, 15) is 8.42 Å². The van der Waals surface area contributed by atoms with Gasteiger partial charge in [0.15, 0.2) is 9.84 Å². The number of aliphatic hydroxyl groups excluding tert-OH is 1. The Hall–Kier alpha value is -2.16. The first-order chi connectivity index (χ1) is 10.0. The van der Waals surface area contributed by atoms with Crippen molar-refractivity contribution < 1.29 is 13.5 Å². The van der Waals surface area contributed by atoms with Gasteiger partial charge in [0, 0.05) is 0 Å². The second-order valence-electron chi connectivity index (χ2n) is 4.78. The summed E-state index contributed by atoms with van der Waals surface area (Å²) >= 11 is 0. The predicted octanol–water partition coefficient (Wildman–Crippen LogP) is 2.17. The van der Waals surface area contributed by atoms with Gasteiger partial charge in [0.25, 0.3) is 0 Å². The highest BCUT2D eigenvalue weighted by molar-refractivity contribution is 7.89. The molecule has 0 aliphatic rings. The van der Waals surface area contributed by atoms with E-state index in [1.807, 2.05) is 6.07 Å². The van der Waals surface area contributed by atoms with Gasteiger partial charge in [-0.1, -0.05) is 42.5 Å². The summed E-state index contributed by atoms with van der Waals surface area (Å²) in [5, 5.41) is 18.0. The Balaban J connectivity index is 2.17. The number of rotatable bonds is 5. The molecule has 0 aromatic heterocycles. The zero-order valence-electron chi connectivity index (χ0n) is 11.4. The van der Waals surface area contributed by atoms with E-state index in [0.29, 0.717) is 16.7 Å². The van der Waals surface area contributed by atoms with Gasteiger partial charge in [-0.2, -0.15) is 5.26 Å². The Morgan fingerprint density at radius 2 is 1.57 bits per heavy atom. The molecule has 0 aliphatic heterocycles.